The van der Waals surface area contributed by atoms with Crippen LogP contribution in [0.4, 0.5) is 13.2 Å². The Bertz CT molecular complexity index is 552. The van der Waals surface area contributed by atoms with Gasteiger partial charge in [0.05, 0.1) is 11.8 Å². The second-order valence-corrected chi connectivity index (χ2v) is 4.69. The van der Waals surface area contributed by atoms with Gasteiger partial charge in [-0.25, -0.2) is 0 Å². The Morgan fingerprint density at radius 2 is 2.14 bits per heavy atom. The van der Waals surface area contributed by atoms with Crippen molar-refractivity contribution in [2.75, 3.05) is 6.54 Å². The van der Waals surface area contributed by atoms with Crippen molar-refractivity contribution >= 4 is 0 Å². The zero-order chi connectivity index (χ0) is 15.3. The van der Waals surface area contributed by atoms with Crippen LogP contribution in [0.15, 0.2) is 41.3 Å². The fourth-order valence-corrected chi connectivity index (χ4v) is 2.30. The van der Waals surface area contributed by atoms with Crippen molar-refractivity contribution in [2.24, 2.45) is 0 Å². The molecule has 0 spiro atoms. The van der Waals surface area contributed by atoms with Crippen molar-refractivity contribution in [3.8, 4) is 0 Å². The first-order valence-corrected chi connectivity index (χ1v) is 6.79. The number of nitrogens with zero attached hydrogens (tertiary/aromatic N) is 1. The number of hydrogen-bond donors (Lipinski definition) is 1. The highest BCUT2D eigenvalue weighted by molar-refractivity contribution is 5.29. The van der Waals surface area contributed by atoms with Gasteiger partial charge in [0.25, 0.3) is 0 Å². The lowest BCUT2D eigenvalue weighted by Gasteiger charge is -2.21. The van der Waals surface area contributed by atoms with Crippen LogP contribution in [0.3, 0.4) is 0 Å². The average molecular weight is 298 g/mol. The molecule has 21 heavy (non-hydrogen) atoms. The van der Waals surface area contributed by atoms with Crippen molar-refractivity contribution in [2.45, 2.75) is 32.0 Å². The topological polar surface area (TPSA) is 38.1 Å². The number of halogens is 3. The van der Waals surface area contributed by atoms with E-state index in [-0.39, 0.29) is 5.56 Å². The molecular weight excluding hydrogens is 281 g/mol. The summed E-state index contributed by atoms with van der Waals surface area (Å²) in [6, 6.07) is 4.19. The molecule has 0 aliphatic rings. The van der Waals surface area contributed by atoms with E-state index in [2.05, 4.69) is 10.3 Å². The Hall–Kier alpha value is -1.82. The normalized spacial score (nSPS) is 13.3. The minimum Gasteiger partial charge on any atom is -0.469 e. The molecule has 2 aromatic heterocycles. The third-order valence-corrected chi connectivity index (χ3v) is 3.24. The van der Waals surface area contributed by atoms with Gasteiger partial charge in [-0.1, -0.05) is 6.92 Å². The van der Waals surface area contributed by atoms with Crippen molar-refractivity contribution in [1.82, 2.24) is 10.3 Å². The fraction of sp³-hybridized carbons (Fsp3) is 0.400. The predicted octanol–water partition coefficient (Wildman–Crippen LogP) is 3.98. The Labute approximate surface area is 121 Å². The van der Waals surface area contributed by atoms with Gasteiger partial charge in [-0.05, 0) is 36.7 Å². The van der Waals surface area contributed by atoms with Gasteiger partial charge in [0.2, 0.25) is 0 Å². The number of rotatable bonds is 6. The molecule has 0 aromatic carbocycles. The minimum atomic E-state index is -4.38. The van der Waals surface area contributed by atoms with Crippen LogP contribution in [0.2, 0.25) is 0 Å². The summed E-state index contributed by atoms with van der Waals surface area (Å²) in [5, 5.41) is 3.09. The second-order valence-electron chi connectivity index (χ2n) is 4.69. The maximum absolute atomic E-state index is 13.1. The molecule has 1 atom stereocenters. The smallest absolute Gasteiger partial charge is 0.416 e. The van der Waals surface area contributed by atoms with Gasteiger partial charge >= 0.3 is 6.18 Å². The molecule has 114 valence electrons. The number of hydrogen-bond acceptors (Lipinski definition) is 3. The van der Waals surface area contributed by atoms with E-state index >= 15 is 0 Å². The van der Waals surface area contributed by atoms with Crippen molar-refractivity contribution in [1.29, 1.82) is 0 Å². The maximum atomic E-state index is 13.1. The van der Waals surface area contributed by atoms with Gasteiger partial charge < -0.3 is 9.73 Å². The van der Waals surface area contributed by atoms with E-state index < -0.39 is 17.8 Å². The summed E-state index contributed by atoms with van der Waals surface area (Å²) in [7, 11) is 0. The van der Waals surface area contributed by atoms with E-state index in [0.29, 0.717) is 19.4 Å². The molecule has 0 saturated carbocycles. The lowest BCUT2D eigenvalue weighted by molar-refractivity contribution is -0.138. The van der Waals surface area contributed by atoms with E-state index in [1.54, 1.807) is 12.3 Å². The first-order chi connectivity index (χ1) is 10.0. The molecule has 2 heterocycles. The Balaban J connectivity index is 2.21. The lowest BCUT2D eigenvalue weighted by atomic mass is 9.98. The Kier molecular flexibility index (Phi) is 5.01. The summed E-state index contributed by atoms with van der Waals surface area (Å²) >= 11 is 0. The highest BCUT2D eigenvalue weighted by Gasteiger charge is 2.35. The maximum Gasteiger partial charge on any atom is 0.416 e. The molecular formula is C15H17F3N2O. The van der Waals surface area contributed by atoms with Crippen LogP contribution in [0.1, 0.15) is 36.3 Å². The number of furan rings is 1. The summed E-state index contributed by atoms with van der Waals surface area (Å²) in [5.41, 5.74) is -0.457. The minimum absolute atomic E-state index is 0.179. The van der Waals surface area contributed by atoms with Gasteiger partial charge in [0, 0.05) is 24.9 Å². The number of aryl methyl sites for hydroxylation is 1. The average Bonchev–Trinajstić information content (AvgIpc) is 2.96. The summed E-state index contributed by atoms with van der Waals surface area (Å²) in [5.74, 6) is 0.760. The number of pyridine rings is 1. The van der Waals surface area contributed by atoms with Crippen molar-refractivity contribution in [3.63, 3.8) is 0 Å². The molecule has 6 heteroatoms. The highest BCUT2D eigenvalue weighted by atomic mass is 19.4. The molecule has 1 unspecified atom stereocenters. The SMILES string of the molecule is CCNC(CCc1ccco1)c1cnccc1C(F)(F)F. The van der Waals surface area contributed by atoms with E-state index in [4.69, 9.17) is 4.42 Å². The first-order valence-electron chi connectivity index (χ1n) is 6.79. The Morgan fingerprint density at radius 3 is 2.76 bits per heavy atom. The summed E-state index contributed by atoms with van der Waals surface area (Å²) < 4.78 is 44.5. The standard InChI is InChI=1S/C15H17F3N2O/c1-2-20-14(6-5-11-4-3-9-21-11)12-10-19-8-7-13(12)15(16,17)18/h3-4,7-10,14,20H,2,5-6H2,1H3. The molecule has 0 saturated heterocycles. The monoisotopic (exact) mass is 298 g/mol. The molecule has 2 aromatic rings. The molecule has 0 amide bonds. The quantitative estimate of drug-likeness (QED) is 0.876. The van der Waals surface area contributed by atoms with Crippen LogP contribution >= 0.6 is 0 Å². The molecule has 3 nitrogen and oxygen atoms in total. The second kappa shape index (κ2) is 6.76. The molecule has 0 aliphatic heterocycles. The molecule has 1 N–H and O–H groups in total. The fourth-order valence-electron chi connectivity index (χ4n) is 2.30. The van der Waals surface area contributed by atoms with Gasteiger partial charge in [-0.3, -0.25) is 4.98 Å². The largest absolute Gasteiger partial charge is 0.469 e. The number of nitrogens with one attached hydrogen (secondary N) is 1. The summed E-state index contributed by atoms with van der Waals surface area (Å²) in [4.78, 5) is 3.84. The first kappa shape index (κ1) is 15.6. The van der Waals surface area contributed by atoms with E-state index in [9.17, 15) is 13.2 Å². The molecule has 0 aliphatic carbocycles. The van der Waals surface area contributed by atoms with Gasteiger partial charge in [-0.15, -0.1) is 0 Å². The summed E-state index contributed by atoms with van der Waals surface area (Å²) in [6.45, 7) is 2.44. The van der Waals surface area contributed by atoms with Crippen LogP contribution in [-0.4, -0.2) is 11.5 Å². The lowest BCUT2D eigenvalue weighted by Crippen LogP contribution is -2.24. The van der Waals surface area contributed by atoms with Crippen LogP contribution in [0, 0.1) is 0 Å². The predicted molar refractivity (Wildman–Crippen MR) is 72.7 cm³/mol. The molecule has 0 fully saturated rings. The van der Waals surface area contributed by atoms with Gasteiger partial charge in [0.1, 0.15) is 5.76 Å². The Morgan fingerprint density at radius 1 is 1.33 bits per heavy atom. The van der Waals surface area contributed by atoms with Crippen LogP contribution in [0.25, 0.3) is 0 Å². The van der Waals surface area contributed by atoms with Crippen LogP contribution in [0.5, 0.6) is 0 Å². The summed E-state index contributed by atoms with van der Waals surface area (Å²) in [6.07, 6.45) is 0.715. The highest BCUT2D eigenvalue weighted by Crippen LogP contribution is 2.35. The van der Waals surface area contributed by atoms with Crippen LogP contribution < -0.4 is 5.32 Å². The zero-order valence-corrected chi connectivity index (χ0v) is 11.7. The van der Waals surface area contributed by atoms with Crippen molar-refractivity contribution < 1.29 is 17.6 Å². The van der Waals surface area contributed by atoms with E-state index in [0.717, 1.165) is 11.8 Å². The number of alkyl halides is 3. The molecule has 0 radical (unpaired) electrons. The van der Waals surface area contributed by atoms with Crippen molar-refractivity contribution in [3.05, 3.63) is 53.7 Å². The molecule has 0 bridgehead atoms. The third-order valence-electron chi connectivity index (χ3n) is 3.24. The molecule has 2 rings (SSSR count). The zero-order valence-electron chi connectivity index (χ0n) is 11.7. The van der Waals surface area contributed by atoms with E-state index in [1.807, 2.05) is 13.0 Å². The number of aromatic nitrogens is 1. The third kappa shape index (κ3) is 4.07. The van der Waals surface area contributed by atoms with Crippen LogP contribution in [-0.2, 0) is 12.6 Å². The van der Waals surface area contributed by atoms with Gasteiger partial charge in [-0.2, -0.15) is 13.2 Å². The van der Waals surface area contributed by atoms with E-state index in [1.165, 1.54) is 12.4 Å². The van der Waals surface area contributed by atoms with Gasteiger partial charge in [0.15, 0.2) is 0 Å².